The molecule has 2 aliphatic rings. The maximum atomic E-state index is 6.13. The Morgan fingerprint density at radius 3 is 2.83 bits per heavy atom. The first-order chi connectivity index (χ1) is 11.3. The average molecular weight is 348 g/mol. The van der Waals surface area contributed by atoms with Crippen LogP contribution in [0.2, 0.25) is 5.02 Å². The van der Waals surface area contributed by atoms with Crippen LogP contribution in [0.3, 0.4) is 0 Å². The molecule has 1 fully saturated rings. The highest BCUT2D eigenvalue weighted by Gasteiger charge is 2.25. The van der Waals surface area contributed by atoms with Crippen molar-refractivity contribution in [2.75, 3.05) is 44.3 Å². The Kier molecular flexibility index (Phi) is 4.44. The van der Waals surface area contributed by atoms with Gasteiger partial charge in [-0.25, -0.2) is 4.98 Å². The number of hydrogen-bond acceptors (Lipinski definition) is 5. The second-order valence-corrected chi connectivity index (χ2v) is 7.17. The van der Waals surface area contributed by atoms with E-state index in [1.807, 2.05) is 6.07 Å². The minimum absolute atomic E-state index is 0.684. The Balaban J connectivity index is 1.62. The van der Waals surface area contributed by atoms with Crippen molar-refractivity contribution in [1.29, 1.82) is 0 Å². The van der Waals surface area contributed by atoms with Gasteiger partial charge in [-0.05, 0) is 18.2 Å². The summed E-state index contributed by atoms with van der Waals surface area (Å²) in [6, 6.07) is 10.5. The van der Waals surface area contributed by atoms with Crippen molar-refractivity contribution < 1.29 is 4.74 Å². The molecule has 1 saturated heterocycles. The van der Waals surface area contributed by atoms with E-state index in [1.54, 1.807) is 18.0 Å². The third-order valence-electron chi connectivity index (χ3n) is 4.17. The SMILES string of the molecule is Clc1cnc2c(c1)Sc1ccccc1N2CCN1CCOCC1. The molecular weight excluding hydrogens is 330 g/mol. The van der Waals surface area contributed by atoms with Crippen molar-refractivity contribution in [3.63, 3.8) is 0 Å². The van der Waals surface area contributed by atoms with Gasteiger partial charge in [0.2, 0.25) is 0 Å². The van der Waals surface area contributed by atoms with E-state index in [4.69, 9.17) is 16.3 Å². The lowest BCUT2D eigenvalue weighted by Gasteiger charge is -2.34. The first kappa shape index (κ1) is 15.3. The van der Waals surface area contributed by atoms with Crippen LogP contribution in [0.4, 0.5) is 11.5 Å². The van der Waals surface area contributed by atoms with Gasteiger partial charge in [0.05, 0.1) is 28.8 Å². The molecule has 1 aromatic heterocycles. The fourth-order valence-corrected chi connectivity index (χ4v) is 4.31. The van der Waals surface area contributed by atoms with Crippen LogP contribution in [0, 0.1) is 0 Å². The van der Waals surface area contributed by atoms with Gasteiger partial charge < -0.3 is 9.64 Å². The first-order valence-corrected chi connectivity index (χ1v) is 9.01. The number of nitrogens with zero attached hydrogens (tertiary/aromatic N) is 3. The number of benzene rings is 1. The Hall–Kier alpha value is -1.27. The van der Waals surface area contributed by atoms with Crippen LogP contribution in [-0.2, 0) is 4.74 Å². The minimum Gasteiger partial charge on any atom is -0.379 e. The molecule has 23 heavy (non-hydrogen) atoms. The predicted octanol–water partition coefficient (Wildman–Crippen LogP) is 3.67. The summed E-state index contributed by atoms with van der Waals surface area (Å²) < 4.78 is 5.43. The molecule has 3 heterocycles. The molecule has 0 amide bonds. The van der Waals surface area contributed by atoms with Gasteiger partial charge in [-0.15, -0.1) is 0 Å². The van der Waals surface area contributed by atoms with Crippen LogP contribution < -0.4 is 4.90 Å². The zero-order valence-electron chi connectivity index (χ0n) is 12.7. The summed E-state index contributed by atoms with van der Waals surface area (Å²) >= 11 is 7.87. The Morgan fingerprint density at radius 2 is 1.96 bits per heavy atom. The van der Waals surface area contributed by atoms with Gasteiger partial charge in [0, 0.05) is 37.3 Å². The first-order valence-electron chi connectivity index (χ1n) is 7.81. The quantitative estimate of drug-likeness (QED) is 0.844. The monoisotopic (exact) mass is 347 g/mol. The van der Waals surface area contributed by atoms with E-state index in [0.29, 0.717) is 5.02 Å². The van der Waals surface area contributed by atoms with Gasteiger partial charge in [-0.1, -0.05) is 35.5 Å². The van der Waals surface area contributed by atoms with Gasteiger partial charge in [-0.3, -0.25) is 4.90 Å². The molecule has 0 atom stereocenters. The maximum Gasteiger partial charge on any atom is 0.147 e. The topological polar surface area (TPSA) is 28.6 Å². The molecular formula is C17H18ClN3OS. The summed E-state index contributed by atoms with van der Waals surface area (Å²) in [7, 11) is 0. The van der Waals surface area contributed by atoms with E-state index >= 15 is 0 Å². The maximum absolute atomic E-state index is 6.13. The summed E-state index contributed by atoms with van der Waals surface area (Å²) in [4.78, 5) is 11.7. The molecule has 0 unspecified atom stereocenters. The lowest BCUT2D eigenvalue weighted by molar-refractivity contribution is 0.0394. The molecule has 2 aromatic rings. The smallest absolute Gasteiger partial charge is 0.147 e. The zero-order chi connectivity index (χ0) is 15.6. The Labute approximate surface area is 145 Å². The lowest BCUT2D eigenvalue weighted by Crippen LogP contribution is -2.41. The highest BCUT2D eigenvalue weighted by Crippen LogP contribution is 2.47. The molecule has 0 spiro atoms. The third kappa shape index (κ3) is 3.19. The minimum atomic E-state index is 0.684. The number of anilines is 2. The van der Waals surface area contributed by atoms with Crippen molar-refractivity contribution in [2.45, 2.75) is 9.79 Å². The lowest BCUT2D eigenvalue weighted by atomic mass is 10.2. The van der Waals surface area contributed by atoms with Gasteiger partial charge in [0.1, 0.15) is 5.82 Å². The normalized spacial score (nSPS) is 17.7. The summed E-state index contributed by atoms with van der Waals surface area (Å²) in [6.45, 7) is 5.59. The van der Waals surface area contributed by atoms with Crippen LogP contribution in [0.15, 0.2) is 46.3 Å². The van der Waals surface area contributed by atoms with E-state index in [0.717, 1.165) is 50.1 Å². The molecule has 0 radical (unpaired) electrons. The Bertz CT molecular complexity index is 706. The fourth-order valence-electron chi connectivity index (χ4n) is 2.98. The van der Waals surface area contributed by atoms with E-state index < -0.39 is 0 Å². The van der Waals surface area contributed by atoms with E-state index in [-0.39, 0.29) is 0 Å². The van der Waals surface area contributed by atoms with Gasteiger partial charge >= 0.3 is 0 Å². The van der Waals surface area contributed by atoms with E-state index in [1.165, 1.54) is 10.6 Å². The second kappa shape index (κ2) is 6.69. The number of morpholine rings is 1. The number of halogens is 1. The van der Waals surface area contributed by atoms with E-state index in [2.05, 4.69) is 39.0 Å². The van der Waals surface area contributed by atoms with Crippen LogP contribution in [0.1, 0.15) is 0 Å². The van der Waals surface area contributed by atoms with Crippen molar-refractivity contribution in [2.24, 2.45) is 0 Å². The number of rotatable bonds is 3. The summed E-state index contributed by atoms with van der Waals surface area (Å²) in [6.07, 6.45) is 1.73. The molecule has 1 aromatic carbocycles. The molecule has 4 rings (SSSR count). The summed E-state index contributed by atoms with van der Waals surface area (Å²) in [5.41, 5.74) is 1.23. The third-order valence-corrected chi connectivity index (χ3v) is 5.47. The van der Waals surface area contributed by atoms with Crippen molar-refractivity contribution in [3.05, 3.63) is 41.6 Å². The van der Waals surface area contributed by atoms with Crippen LogP contribution in [0.25, 0.3) is 0 Å². The van der Waals surface area contributed by atoms with Crippen LogP contribution in [-0.4, -0.2) is 49.3 Å². The number of aromatic nitrogens is 1. The van der Waals surface area contributed by atoms with Crippen LogP contribution in [0.5, 0.6) is 0 Å². The number of para-hydroxylation sites is 1. The molecule has 0 aliphatic carbocycles. The predicted molar refractivity (Wildman–Crippen MR) is 94.1 cm³/mol. The standard InChI is InChI=1S/C17H18ClN3OS/c18-13-11-16-17(19-12-13)21(6-5-20-7-9-22-10-8-20)14-3-1-2-4-15(14)23-16/h1-4,11-12H,5-10H2. The molecule has 4 nitrogen and oxygen atoms in total. The second-order valence-electron chi connectivity index (χ2n) is 5.65. The van der Waals surface area contributed by atoms with Gasteiger partial charge in [-0.2, -0.15) is 0 Å². The van der Waals surface area contributed by atoms with Gasteiger partial charge in [0.25, 0.3) is 0 Å². The number of pyridine rings is 1. The van der Waals surface area contributed by atoms with E-state index in [9.17, 15) is 0 Å². The molecule has 120 valence electrons. The summed E-state index contributed by atoms with van der Waals surface area (Å²) in [5.74, 6) is 1.01. The number of ether oxygens (including phenoxy) is 1. The van der Waals surface area contributed by atoms with Crippen molar-refractivity contribution in [1.82, 2.24) is 9.88 Å². The number of hydrogen-bond donors (Lipinski definition) is 0. The molecule has 0 bridgehead atoms. The van der Waals surface area contributed by atoms with Crippen molar-refractivity contribution in [3.8, 4) is 0 Å². The van der Waals surface area contributed by atoms with Crippen molar-refractivity contribution >= 4 is 34.9 Å². The Morgan fingerprint density at radius 1 is 1.13 bits per heavy atom. The highest BCUT2D eigenvalue weighted by atomic mass is 35.5. The molecule has 0 N–H and O–H groups in total. The zero-order valence-corrected chi connectivity index (χ0v) is 14.3. The van der Waals surface area contributed by atoms with Crippen LogP contribution >= 0.6 is 23.4 Å². The summed E-state index contributed by atoms with van der Waals surface area (Å²) in [5, 5.41) is 0.684. The van der Waals surface area contributed by atoms with Gasteiger partial charge in [0.15, 0.2) is 0 Å². The fraction of sp³-hybridized carbons (Fsp3) is 0.353. The average Bonchev–Trinajstić information content (AvgIpc) is 2.59. The molecule has 2 aliphatic heterocycles. The molecule has 6 heteroatoms. The largest absolute Gasteiger partial charge is 0.379 e. The molecule has 0 saturated carbocycles. The highest BCUT2D eigenvalue weighted by molar-refractivity contribution is 7.99. The number of fused-ring (bicyclic) bond motifs is 2.